The largest absolute Gasteiger partial charge is 0.493 e. The second-order valence-corrected chi connectivity index (χ2v) is 9.77. The van der Waals surface area contributed by atoms with E-state index in [9.17, 15) is 9.90 Å². The van der Waals surface area contributed by atoms with Gasteiger partial charge in [0.2, 0.25) is 11.8 Å². The number of aryl methyl sites for hydroxylation is 1. The second-order valence-electron chi connectivity index (χ2n) is 7.56. The summed E-state index contributed by atoms with van der Waals surface area (Å²) in [4.78, 5) is 16.6. The van der Waals surface area contributed by atoms with Gasteiger partial charge in [0.1, 0.15) is 11.5 Å². The fraction of sp³-hybridized carbons (Fsp3) is 0.250. The van der Waals surface area contributed by atoms with E-state index in [1.807, 2.05) is 60.8 Å². The fourth-order valence-electron chi connectivity index (χ4n) is 3.81. The SMILES string of the molecule is Cc1oc(-c2ccccc2)nc1CCOc1ccc(CC2SC(O)NC2=O)c2sccc12. The number of aliphatic hydroxyl groups excluding tert-OH is 1. The highest BCUT2D eigenvalue weighted by Crippen LogP contribution is 2.36. The summed E-state index contributed by atoms with van der Waals surface area (Å²) in [5.74, 6) is 2.13. The Labute approximate surface area is 193 Å². The molecule has 0 saturated carbocycles. The molecule has 5 rings (SSSR count). The maximum atomic E-state index is 12.0. The highest BCUT2D eigenvalue weighted by atomic mass is 32.2. The van der Waals surface area contributed by atoms with E-state index in [-0.39, 0.29) is 11.2 Å². The minimum absolute atomic E-state index is 0.120. The van der Waals surface area contributed by atoms with Crippen LogP contribution in [0.3, 0.4) is 0 Å². The molecule has 1 aliphatic heterocycles. The molecule has 1 aliphatic rings. The van der Waals surface area contributed by atoms with Crippen molar-refractivity contribution in [1.29, 1.82) is 0 Å². The first kappa shape index (κ1) is 21.1. The number of hydrogen-bond acceptors (Lipinski definition) is 7. The molecule has 6 nitrogen and oxygen atoms in total. The summed E-state index contributed by atoms with van der Waals surface area (Å²) < 4.78 is 13.1. The number of ether oxygens (including phenoxy) is 1. The lowest BCUT2D eigenvalue weighted by Crippen LogP contribution is -2.27. The number of amides is 1. The third-order valence-corrected chi connectivity index (χ3v) is 7.50. The Morgan fingerprint density at radius 1 is 1.19 bits per heavy atom. The number of thiophene rings is 1. The van der Waals surface area contributed by atoms with Crippen LogP contribution in [0.4, 0.5) is 0 Å². The zero-order valence-electron chi connectivity index (χ0n) is 17.4. The number of thioether (sulfide) groups is 1. The van der Waals surface area contributed by atoms with Gasteiger partial charge in [-0.3, -0.25) is 4.79 Å². The van der Waals surface area contributed by atoms with Gasteiger partial charge in [0.05, 0.1) is 17.6 Å². The third kappa shape index (κ3) is 4.26. The van der Waals surface area contributed by atoms with Crippen molar-refractivity contribution in [2.45, 2.75) is 30.6 Å². The van der Waals surface area contributed by atoms with E-state index in [1.165, 1.54) is 11.8 Å². The number of aromatic nitrogens is 1. The number of rotatable bonds is 7. The van der Waals surface area contributed by atoms with Gasteiger partial charge in [0.25, 0.3) is 0 Å². The number of oxazole rings is 1. The van der Waals surface area contributed by atoms with Crippen molar-refractivity contribution in [2.24, 2.45) is 0 Å². The normalized spacial score (nSPS) is 18.2. The zero-order valence-corrected chi connectivity index (χ0v) is 19.0. The van der Waals surface area contributed by atoms with E-state index >= 15 is 0 Å². The molecule has 3 heterocycles. The Balaban J connectivity index is 1.27. The smallest absolute Gasteiger partial charge is 0.236 e. The van der Waals surface area contributed by atoms with Gasteiger partial charge < -0.3 is 19.6 Å². The Morgan fingerprint density at radius 2 is 2.03 bits per heavy atom. The molecule has 1 fully saturated rings. The first-order valence-corrected chi connectivity index (χ1v) is 12.2. The summed E-state index contributed by atoms with van der Waals surface area (Å²) in [5, 5.41) is 15.0. The van der Waals surface area contributed by atoms with Crippen molar-refractivity contribution >= 4 is 39.1 Å². The summed E-state index contributed by atoms with van der Waals surface area (Å²) >= 11 is 2.89. The number of aliphatic hydroxyl groups is 1. The van der Waals surface area contributed by atoms with E-state index in [2.05, 4.69) is 10.3 Å². The highest BCUT2D eigenvalue weighted by Gasteiger charge is 2.32. The van der Waals surface area contributed by atoms with Gasteiger partial charge in [-0.1, -0.05) is 36.0 Å². The van der Waals surface area contributed by atoms with Gasteiger partial charge in [-0.25, -0.2) is 4.98 Å². The zero-order chi connectivity index (χ0) is 22.1. The summed E-state index contributed by atoms with van der Waals surface area (Å²) in [5.41, 5.74) is 2.12. The molecule has 0 bridgehead atoms. The van der Waals surface area contributed by atoms with Crippen molar-refractivity contribution in [2.75, 3.05) is 6.61 Å². The summed E-state index contributed by atoms with van der Waals surface area (Å²) in [6, 6.07) is 15.9. The van der Waals surface area contributed by atoms with Gasteiger partial charge in [-0.05, 0) is 48.6 Å². The molecular weight excluding hydrogens is 444 g/mol. The average molecular weight is 467 g/mol. The number of benzene rings is 2. The predicted octanol–water partition coefficient (Wildman–Crippen LogP) is 4.54. The monoisotopic (exact) mass is 466 g/mol. The summed E-state index contributed by atoms with van der Waals surface area (Å²) in [7, 11) is 0. The summed E-state index contributed by atoms with van der Waals surface area (Å²) in [6.07, 6.45) is 1.22. The molecule has 2 N–H and O–H groups in total. The molecule has 8 heteroatoms. The average Bonchev–Trinajstić information content (AvgIpc) is 3.50. The van der Waals surface area contributed by atoms with E-state index in [0.717, 1.165) is 38.4 Å². The Morgan fingerprint density at radius 3 is 2.81 bits per heavy atom. The lowest BCUT2D eigenvalue weighted by Gasteiger charge is -2.11. The third-order valence-electron chi connectivity index (χ3n) is 5.42. The van der Waals surface area contributed by atoms with Crippen LogP contribution >= 0.6 is 23.1 Å². The van der Waals surface area contributed by atoms with Crippen molar-refractivity contribution in [3.8, 4) is 17.2 Å². The van der Waals surface area contributed by atoms with Crippen LogP contribution < -0.4 is 10.1 Å². The molecule has 164 valence electrons. The quantitative estimate of drug-likeness (QED) is 0.416. The molecule has 2 atom stereocenters. The molecule has 1 saturated heterocycles. The second kappa shape index (κ2) is 8.97. The molecule has 0 radical (unpaired) electrons. The molecule has 1 amide bonds. The van der Waals surface area contributed by atoms with E-state index in [0.29, 0.717) is 25.3 Å². The first-order chi connectivity index (χ1) is 15.6. The molecule has 2 unspecified atom stereocenters. The topological polar surface area (TPSA) is 84.6 Å². The minimum atomic E-state index is -0.823. The molecule has 2 aromatic carbocycles. The molecule has 2 aromatic heterocycles. The van der Waals surface area contributed by atoms with Crippen molar-refractivity contribution < 1.29 is 19.1 Å². The van der Waals surface area contributed by atoms with Crippen LogP contribution in [0, 0.1) is 6.92 Å². The lowest BCUT2D eigenvalue weighted by molar-refractivity contribution is -0.121. The highest BCUT2D eigenvalue weighted by molar-refractivity contribution is 8.01. The van der Waals surface area contributed by atoms with Crippen molar-refractivity contribution in [3.05, 3.63) is 70.9 Å². The van der Waals surface area contributed by atoms with E-state index in [1.54, 1.807) is 11.3 Å². The fourth-order valence-corrected chi connectivity index (χ4v) is 5.71. The minimum Gasteiger partial charge on any atom is -0.493 e. The van der Waals surface area contributed by atoms with Crippen LogP contribution in [0.1, 0.15) is 17.0 Å². The molecule has 0 aliphatic carbocycles. The number of fused-ring (bicyclic) bond motifs is 1. The predicted molar refractivity (Wildman–Crippen MR) is 127 cm³/mol. The van der Waals surface area contributed by atoms with Crippen molar-refractivity contribution in [3.63, 3.8) is 0 Å². The Kier molecular flexibility index (Phi) is 5.91. The maximum Gasteiger partial charge on any atom is 0.236 e. The number of carbonyl (C=O) groups excluding carboxylic acids is 1. The van der Waals surface area contributed by atoms with Crippen LogP contribution in [-0.2, 0) is 17.6 Å². The molecular formula is C24H22N2O4S2. The van der Waals surface area contributed by atoms with Gasteiger partial charge in [-0.15, -0.1) is 11.3 Å². The van der Waals surface area contributed by atoms with Crippen LogP contribution in [0.2, 0.25) is 0 Å². The van der Waals surface area contributed by atoms with Gasteiger partial charge >= 0.3 is 0 Å². The Bertz CT molecular complexity index is 1250. The molecule has 32 heavy (non-hydrogen) atoms. The number of hydrogen-bond donors (Lipinski definition) is 2. The van der Waals surface area contributed by atoms with Gasteiger partial charge in [0, 0.05) is 22.1 Å². The van der Waals surface area contributed by atoms with Gasteiger partial charge in [0.15, 0.2) is 5.56 Å². The van der Waals surface area contributed by atoms with Crippen LogP contribution in [0.25, 0.3) is 21.5 Å². The Hall–Kier alpha value is -2.81. The standard InChI is InChI=1S/C24H22N2O4S2/c1-14-18(25-23(30-14)15-5-3-2-4-6-15)9-11-29-19-8-7-16(21-17(19)10-12-31-21)13-20-22(27)26-24(28)32-20/h2-8,10,12,20,24,28H,9,11,13H2,1H3,(H,26,27). The number of nitrogens with zero attached hydrogens (tertiary/aromatic N) is 1. The van der Waals surface area contributed by atoms with E-state index in [4.69, 9.17) is 9.15 Å². The maximum absolute atomic E-state index is 12.0. The lowest BCUT2D eigenvalue weighted by atomic mass is 10.1. The number of carbonyl (C=O) groups is 1. The van der Waals surface area contributed by atoms with Crippen LogP contribution in [0.5, 0.6) is 5.75 Å². The van der Waals surface area contributed by atoms with Crippen molar-refractivity contribution in [1.82, 2.24) is 10.3 Å². The van der Waals surface area contributed by atoms with Crippen LogP contribution in [-0.4, -0.2) is 33.4 Å². The number of nitrogens with one attached hydrogen (secondary N) is 1. The van der Waals surface area contributed by atoms with Crippen LogP contribution in [0.15, 0.2) is 58.3 Å². The molecule has 0 spiro atoms. The van der Waals surface area contributed by atoms with Gasteiger partial charge in [-0.2, -0.15) is 0 Å². The van der Waals surface area contributed by atoms with E-state index < -0.39 is 5.56 Å². The molecule has 4 aromatic rings. The first-order valence-electron chi connectivity index (χ1n) is 10.4. The summed E-state index contributed by atoms with van der Waals surface area (Å²) in [6.45, 7) is 2.41.